The summed E-state index contributed by atoms with van der Waals surface area (Å²) in [4.78, 5) is 10.5. The van der Waals surface area contributed by atoms with E-state index in [-0.39, 0.29) is 12.6 Å². The summed E-state index contributed by atoms with van der Waals surface area (Å²) in [5.41, 5.74) is 0.464. The van der Waals surface area contributed by atoms with Gasteiger partial charge < -0.3 is 10.1 Å². The fourth-order valence-electron chi connectivity index (χ4n) is 2.04. The van der Waals surface area contributed by atoms with Crippen molar-refractivity contribution in [3.05, 3.63) is 34.9 Å². The van der Waals surface area contributed by atoms with Gasteiger partial charge in [-0.25, -0.2) is 0 Å². The fraction of sp³-hybridized carbons (Fsp3) is 0.417. The monoisotopic (exact) mass is 259 g/mol. The van der Waals surface area contributed by atoms with E-state index in [0.29, 0.717) is 30.6 Å². The number of alkyl halides is 3. The summed E-state index contributed by atoms with van der Waals surface area (Å²) in [5, 5.41) is 2.60. The second-order valence-corrected chi connectivity index (χ2v) is 4.09. The van der Waals surface area contributed by atoms with Crippen LogP contribution in [0.4, 0.5) is 13.2 Å². The van der Waals surface area contributed by atoms with Gasteiger partial charge in [-0.1, -0.05) is 6.07 Å². The minimum Gasteiger partial charge on any atom is -0.377 e. The molecule has 0 radical (unpaired) electrons. The van der Waals surface area contributed by atoms with Crippen LogP contribution in [0, 0.1) is 0 Å². The van der Waals surface area contributed by atoms with Gasteiger partial charge in [-0.05, 0) is 29.7 Å². The molecule has 18 heavy (non-hydrogen) atoms. The highest BCUT2D eigenvalue weighted by Crippen LogP contribution is 2.33. The van der Waals surface area contributed by atoms with Gasteiger partial charge in [0.25, 0.3) is 0 Å². The number of carbonyl (C=O) groups excluding carboxylic acids is 1. The van der Waals surface area contributed by atoms with Crippen LogP contribution in [0.2, 0.25) is 0 Å². The molecule has 1 N–H and O–H groups in total. The predicted molar refractivity (Wildman–Crippen MR) is 57.7 cm³/mol. The molecule has 1 aromatic rings. The largest absolute Gasteiger partial charge is 0.416 e. The molecule has 1 aliphatic heterocycles. The summed E-state index contributed by atoms with van der Waals surface area (Å²) in [6.07, 6.45) is -3.26. The fourth-order valence-corrected chi connectivity index (χ4v) is 2.04. The van der Waals surface area contributed by atoms with E-state index in [9.17, 15) is 18.0 Å². The molecule has 0 bridgehead atoms. The average molecular weight is 259 g/mol. The van der Waals surface area contributed by atoms with Gasteiger partial charge in [0.05, 0.1) is 18.2 Å². The van der Waals surface area contributed by atoms with Crippen LogP contribution in [0.15, 0.2) is 18.2 Å². The first-order valence-corrected chi connectivity index (χ1v) is 5.50. The molecule has 0 aromatic heterocycles. The van der Waals surface area contributed by atoms with Gasteiger partial charge in [-0.15, -0.1) is 0 Å². The van der Waals surface area contributed by atoms with Crippen molar-refractivity contribution in [2.45, 2.75) is 25.2 Å². The Morgan fingerprint density at radius 1 is 1.39 bits per heavy atom. The van der Waals surface area contributed by atoms with E-state index in [1.165, 1.54) is 6.07 Å². The van der Waals surface area contributed by atoms with Crippen LogP contribution in [-0.4, -0.2) is 13.0 Å². The molecular formula is C12H12F3NO2. The van der Waals surface area contributed by atoms with Crippen molar-refractivity contribution in [3.8, 4) is 0 Å². The van der Waals surface area contributed by atoms with E-state index in [4.69, 9.17) is 4.74 Å². The van der Waals surface area contributed by atoms with Crippen LogP contribution >= 0.6 is 0 Å². The lowest BCUT2D eigenvalue weighted by Crippen LogP contribution is -2.20. The molecule has 1 aromatic carbocycles. The summed E-state index contributed by atoms with van der Waals surface area (Å²) < 4.78 is 43.0. The normalized spacial score (nSPS) is 19.8. The first-order valence-electron chi connectivity index (χ1n) is 5.50. The van der Waals surface area contributed by atoms with Crippen molar-refractivity contribution < 1.29 is 22.7 Å². The van der Waals surface area contributed by atoms with Gasteiger partial charge in [0.15, 0.2) is 0 Å². The number of carbonyl (C=O) groups is 1. The molecule has 1 amide bonds. The lowest BCUT2D eigenvalue weighted by atomic mass is 9.97. The Morgan fingerprint density at radius 3 is 2.83 bits per heavy atom. The van der Waals surface area contributed by atoms with Crippen molar-refractivity contribution in [2.75, 3.05) is 6.61 Å². The third-order valence-corrected chi connectivity index (χ3v) is 2.92. The van der Waals surface area contributed by atoms with Crippen LogP contribution in [0.25, 0.3) is 0 Å². The molecule has 3 nitrogen and oxygen atoms in total. The summed E-state index contributed by atoms with van der Waals surface area (Å²) >= 11 is 0. The molecule has 0 fully saturated rings. The highest BCUT2D eigenvalue weighted by atomic mass is 19.4. The van der Waals surface area contributed by atoms with Crippen molar-refractivity contribution in [3.63, 3.8) is 0 Å². The van der Waals surface area contributed by atoms with Gasteiger partial charge in [-0.2, -0.15) is 13.2 Å². The standard InChI is InChI=1S/C12H12F3NO2/c13-12(14,15)9-1-2-10-8(5-9)6-18-4-3-11(10)16-7-17/h1-2,5,7,11H,3-4,6H2,(H,16,17). The Bertz CT molecular complexity index is 445. The number of hydrogen-bond donors (Lipinski definition) is 1. The Labute approximate surface area is 102 Å². The number of rotatable bonds is 2. The summed E-state index contributed by atoms with van der Waals surface area (Å²) in [6, 6.07) is 3.24. The molecule has 0 aliphatic carbocycles. The van der Waals surface area contributed by atoms with Crippen LogP contribution in [0.1, 0.15) is 29.2 Å². The molecule has 98 valence electrons. The number of benzene rings is 1. The van der Waals surface area contributed by atoms with Crippen LogP contribution in [0.5, 0.6) is 0 Å². The first-order chi connectivity index (χ1) is 8.52. The first kappa shape index (κ1) is 12.9. The van der Waals surface area contributed by atoms with Crippen molar-refractivity contribution in [1.82, 2.24) is 5.32 Å². The maximum Gasteiger partial charge on any atom is 0.416 e. The third kappa shape index (κ3) is 2.64. The van der Waals surface area contributed by atoms with Gasteiger partial charge in [0.2, 0.25) is 6.41 Å². The molecular weight excluding hydrogens is 247 g/mol. The molecule has 1 heterocycles. The van der Waals surface area contributed by atoms with E-state index >= 15 is 0 Å². The molecule has 0 saturated heterocycles. The Kier molecular flexibility index (Phi) is 3.56. The Balaban J connectivity index is 2.39. The number of ether oxygens (including phenoxy) is 1. The molecule has 0 spiro atoms. The highest BCUT2D eigenvalue weighted by molar-refractivity contribution is 5.49. The average Bonchev–Trinajstić information content (AvgIpc) is 2.51. The highest BCUT2D eigenvalue weighted by Gasteiger charge is 2.32. The molecule has 0 saturated carbocycles. The minimum atomic E-state index is -4.37. The summed E-state index contributed by atoms with van der Waals surface area (Å²) in [5.74, 6) is 0. The zero-order valence-corrected chi connectivity index (χ0v) is 9.46. The van der Waals surface area contributed by atoms with E-state index in [2.05, 4.69) is 5.32 Å². The Hall–Kier alpha value is -1.56. The zero-order valence-electron chi connectivity index (χ0n) is 9.46. The topological polar surface area (TPSA) is 38.3 Å². The van der Waals surface area contributed by atoms with E-state index in [1.807, 2.05) is 0 Å². The molecule has 1 aliphatic rings. The molecule has 6 heteroatoms. The second kappa shape index (κ2) is 4.97. The maximum absolute atomic E-state index is 12.6. The lowest BCUT2D eigenvalue weighted by molar-refractivity contribution is -0.137. The minimum absolute atomic E-state index is 0.135. The SMILES string of the molecule is O=CNC1CCOCc2cc(C(F)(F)F)ccc21. The number of hydrogen-bond acceptors (Lipinski definition) is 2. The quantitative estimate of drug-likeness (QED) is 0.828. The van der Waals surface area contributed by atoms with E-state index in [0.717, 1.165) is 12.1 Å². The number of halogens is 3. The lowest BCUT2D eigenvalue weighted by Gasteiger charge is -2.17. The molecule has 1 atom stereocenters. The molecule has 2 rings (SSSR count). The van der Waals surface area contributed by atoms with Crippen molar-refractivity contribution in [2.24, 2.45) is 0 Å². The summed E-state index contributed by atoms with van der Waals surface area (Å²) in [6.45, 7) is 0.540. The van der Waals surface area contributed by atoms with Crippen LogP contribution in [0.3, 0.4) is 0 Å². The number of fused-ring (bicyclic) bond motifs is 1. The van der Waals surface area contributed by atoms with E-state index < -0.39 is 11.7 Å². The van der Waals surface area contributed by atoms with Gasteiger partial charge in [-0.3, -0.25) is 4.79 Å². The van der Waals surface area contributed by atoms with Crippen molar-refractivity contribution in [1.29, 1.82) is 0 Å². The molecule has 1 unspecified atom stereocenters. The Morgan fingerprint density at radius 2 is 2.17 bits per heavy atom. The van der Waals surface area contributed by atoms with Gasteiger partial charge >= 0.3 is 6.18 Å². The van der Waals surface area contributed by atoms with Crippen LogP contribution < -0.4 is 5.32 Å². The summed E-state index contributed by atoms with van der Waals surface area (Å²) in [7, 11) is 0. The third-order valence-electron chi connectivity index (χ3n) is 2.92. The zero-order chi connectivity index (χ0) is 13.2. The smallest absolute Gasteiger partial charge is 0.377 e. The van der Waals surface area contributed by atoms with Gasteiger partial charge in [0, 0.05) is 6.61 Å². The van der Waals surface area contributed by atoms with Crippen molar-refractivity contribution >= 4 is 6.41 Å². The number of amides is 1. The van der Waals surface area contributed by atoms with Gasteiger partial charge in [0.1, 0.15) is 0 Å². The second-order valence-electron chi connectivity index (χ2n) is 4.09. The predicted octanol–water partition coefficient (Wildman–Crippen LogP) is 2.41. The van der Waals surface area contributed by atoms with Crippen LogP contribution in [-0.2, 0) is 22.3 Å². The van der Waals surface area contributed by atoms with E-state index in [1.54, 1.807) is 0 Å². The number of nitrogens with one attached hydrogen (secondary N) is 1. The maximum atomic E-state index is 12.6.